The van der Waals surface area contributed by atoms with Gasteiger partial charge < -0.3 is 18.9 Å². The van der Waals surface area contributed by atoms with Gasteiger partial charge >= 0.3 is 0 Å². The van der Waals surface area contributed by atoms with Gasteiger partial charge in [0.25, 0.3) is 5.91 Å². The maximum Gasteiger partial charge on any atom is 0.277 e. The first-order valence-electron chi connectivity index (χ1n) is 8.07. The van der Waals surface area contributed by atoms with E-state index in [0.29, 0.717) is 35.2 Å². The van der Waals surface area contributed by atoms with Crippen molar-refractivity contribution in [3.8, 4) is 23.0 Å². The Kier molecular flexibility index (Phi) is 7.30. The molecule has 1 amide bonds. The molecule has 2 aromatic carbocycles. The van der Waals surface area contributed by atoms with E-state index in [1.54, 1.807) is 37.4 Å². The highest BCUT2D eigenvalue weighted by atomic mass is 16.5. The van der Waals surface area contributed by atoms with Gasteiger partial charge in [-0.2, -0.15) is 5.10 Å². The Balaban J connectivity index is 1.92. The second-order valence-electron chi connectivity index (χ2n) is 5.04. The number of carbonyl (C=O) groups excluding carboxylic acids is 1. The molecule has 7 heteroatoms. The summed E-state index contributed by atoms with van der Waals surface area (Å²) in [5.41, 5.74) is 3.09. The number of amides is 1. The lowest BCUT2D eigenvalue weighted by atomic mass is 10.2. The SMILES string of the molecule is CCOc1ccccc1OCC(=O)N/N=C/c1cccc(OC)c1OC. The highest BCUT2D eigenvalue weighted by Crippen LogP contribution is 2.29. The third-order valence-corrected chi connectivity index (χ3v) is 3.33. The molecule has 0 saturated heterocycles. The fourth-order valence-electron chi connectivity index (χ4n) is 2.21. The fourth-order valence-corrected chi connectivity index (χ4v) is 2.21. The minimum absolute atomic E-state index is 0.184. The number of para-hydroxylation sites is 3. The molecular weight excluding hydrogens is 336 g/mol. The average Bonchev–Trinajstić information content (AvgIpc) is 2.67. The van der Waals surface area contributed by atoms with Crippen LogP contribution in [0.4, 0.5) is 0 Å². The van der Waals surface area contributed by atoms with Gasteiger partial charge in [-0.25, -0.2) is 5.43 Å². The average molecular weight is 358 g/mol. The number of nitrogens with one attached hydrogen (secondary N) is 1. The van der Waals surface area contributed by atoms with Gasteiger partial charge in [-0.15, -0.1) is 0 Å². The summed E-state index contributed by atoms with van der Waals surface area (Å²) in [7, 11) is 3.09. The van der Waals surface area contributed by atoms with E-state index < -0.39 is 5.91 Å². The van der Waals surface area contributed by atoms with Crippen LogP contribution in [-0.4, -0.2) is 39.6 Å². The number of hydrogen-bond acceptors (Lipinski definition) is 6. The van der Waals surface area contributed by atoms with Gasteiger partial charge in [-0.05, 0) is 31.2 Å². The van der Waals surface area contributed by atoms with Gasteiger partial charge in [-0.1, -0.05) is 18.2 Å². The molecule has 0 radical (unpaired) electrons. The Morgan fingerprint density at radius 1 is 1.00 bits per heavy atom. The normalized spacial score (nSPS) is 10.4. The van der Waals surface area contributed by atoms with Crippen LogP contribution in [0.1, 0.15) is 12.5 Å². The molecule has 0 aliphatic rings. The van der Waals surface area contributed by atoms with E-state index >= 15 is 0 Å². The summed E-state index contributed by atoms with van der Waals surface area (Å²) in [5.74, 6) is 1.82. The Labute approximate surface area is 152 Å². The fraction of sp³-hybridized carbons (Fsp3) is 0.263. The predicted octanol–water partition coefficient (Wildman–Crippen LogP) is 2.63. The van der Waals surface area contributed by atoms with Crippen molar-refractivity contribution in [2.45, 2.75) is 6.92 Å². The van der Waals surface area contributed by atoms with Crippen LogP contribution in [0.15, 0.2) is 47.6 Å². The smallest absolute Gasteiger partial charge is 0.277 e. The molecule has 0 bridgehead atoms. The largest absolute Gasteiger partial charge is 0.493 e. The van der Waals surface area contributed by atoms with Crippen LogP contribution in [0.2, 0.25) is 0 Å². The van der Waals surface area contributed by atoms with E-state index in [1.165, 1.54) is 13.3 Å². The van der Waals surface area contributed by atoms with Gasteiger partial charge in [0.1, 0.15) is 0 Å². The van der Waals surface area contributed by atoms with Crippen LogP contribution in [-0.2, 0) is 4.79 Å². The van der Waals surface area contributed by atoms with E-state index in [4.69, 9.17) is 18.9 Å². The lowest BCUT2D eigenvalue weighted by Gasteiger charge is -2.11. The summed E-state index contributed by atoms with van der Waals surface area (Å²) in [4.78, 5) is 11.9. The van der Waals surface area contributed by atoms with Crippen molar-refractivity contribution in [3.05, 3.63) is 48.0 Å². The summed E-state index contributed by atoms with van der Waals surface area (Å²) in [6.45, 7) is 2.21. The number of benzene rings is 2. The molecule has 0 saturated carbocycles. The zero-order valence-corrected chi connectivity index (χ0v) is 15.0. The van der Waals surface area contributed by atoms with Crippen LogP contribution in [0.25, 0.3) is 0 Å². The molecule has 0 heterocycles. The Bertz CT molecular complexity index is 761. The molecule has 2 aromatic rings. The molecule has 0 aliphatic heterocycles. The summed E-state index contributed by atoms with van der Waals surface area (Å²) < 4.78 is 21.4. The zero-order valence-electron chi connectivity index (χ0n) is 15.0. The van der Waals surface area contributed by atoms with E-state index in [9.17, 15) is 4.79 Å². The van der Waals surface area contributed by atoms with Crippen LogP contribution >= 0.6 is 0 Å². The van der Waals surface area contributed by atoms with Crippen LogP contribution in [0.5, 0.6) is 23.0 Å². The predicted molar refractivity (Wildman–Crippen MR) is 98.4 cm³/mol. The summed E-state index contributed by atoms with van der Waals surface area (Å²) in [6.07, 6.45) is 1.48. The van der Waals surface area contributed by atoms with Crippen LogP contribution in [0, 0.1) is 0 Å². The number of rotatable bonds is 9. The first-order chi connectivity index (χ1) is 12.7. The summed E-state index contributed by atoms with van der Waals surface area (Å²) in [6, 6.07) is 12.5. The number of hydrogen-bond donors (Lipinski definition) is 1. The van der Waals surface area contributed by atoms with Gasteiger partial charge in [0.05, 0.1) is 27.0 Å². The van der Waals surface area contributed by atoms with Crippen LogP contribution < -0.4 is 24.4 Å². The molecular formula is C19H22N2O5. The van der Waals surface area contributed by atoms with Gasteiger partial charge in [0.2, 0.25) is 0 Å². The van der Waals surface area contributed by atoms with Gasteiger partial charge in [-0.3, -0.25) is 4.79 Å². The van der Waals surface area contributed by atoms with Crippen molar-refractivity contribution in [1.29, 1.82) is 0 Å². The molecule has 0 spiro atoms. The third-order valence-electron chi connectivity index (χ3n) is 3.33. The van der Waals surface area contributed by atoms with Crippen molar-refractivity contribution in [2.75, 3.05) is 27.4 Å². The van der Waals surface area contributed by atoms with Crippen LogP contribution in [0.3, 0.4) is 0 Å². The Hall–Kier alpha value is -3.22. The van der Waals surface area contributed by atoms with Crippen molar-refractivity contribution in [1.82, 2.24) is 5.43 Å². The topological polar surface area (TPSA) is 78.4 Å². The molecule has 0 aromatic heterocycles. The highest BCUT2D eigenvalue weighted by molar-refractivity contribution is 5.86. The minimum atomic E-state index is -0.394. The second-order valence-corrected chi connectivity index (χ2v) is 5.04. The first kappa shape index (κ1) is 19.1. The quantitative estimate of drug-likeness (QED) is 0.551. The Morgan fingerprint density at radius 2 is 1.69 bits per heavy atom. The van der Waals surface area contributed by atoms with E-state index in [2.05, 4.69) is 10.5 Å². The molecule has 0 unspecified atom stereocenters. The third kappa shape index (κ3) is 5.14. The highest BCUT2D eigenvalue weighted by Gasteiger charge is 2.08. The van der Waals surface area contributed by atoms with Gasteiger partial charge in [0.15, 0.2) is 29.6 Å². The second kappa shape index (κ2) is 9.93. The lowest BCUT2D eigenvalue weighted by Crippen LogP contribution is -2.24. The molecule has 1 N–H and O–H groups in total. The number of carbonyl (C=O) groups is 1. The van der Waals surface area contributed by atoms with E-state index in [0.717, 1.165) is 0 Å². The molecule has 7 nitrogen and oxygen atoms in total. The molecule has 0 fully saturated rings. The minimum Gasteiger partial charge on any atom is -0.493 e. The molecule has 0 atom stereocenters. The summed E-state index contributed by atoms with van der Waals surface area (Å²) >= 11 is 0. The lowest BCUT2D eigenvalue weighted by molar-refractivity contribution is -0.123. The molecule has 26 heavy (non-hydrogen) atoms. The zero-order chi connectivity index (χ0) is 18.8. The van der Waals surface area contributed by atoms with E-state index in [1.807, 2.05) is 19.1 Å². The van der Waals surface area contributed by atoms with Crippen molar-refractivity contribution < 1.29 is 23.7 Å². The van der Waals surface area contributed by atoms with E-state index in [-0.39, 0.29) is 6.61 Å². The van der Waals surface area contributed by atoms with Crippen molar-refractivity contribution in [2.24, 2.45) is 5.10 Å². The van der Waals surface area contributed by atoms with Crippen molar-refractivity contribution >= 4 is 12.1 Å². The molecule has 138 valence electrons. The number of ether oxygens (including phenoxy) is 4. The van der Waals surface area contributed by atoms with Gasteiger partial charge in [0, 0.05) is 5.56 Å². The number of hydrazone groups is 1. The molecule has 2 rings (SSSR count). The molecule has 0 aliphatic carbocycles. The first-order valence-corrected chi connectivity index (χ1v) is 8.07. The Morgan fingerprint density at radius 3 is 2.35 bits per heavy atom. The van der Waals surface area contributed by atoms with Crippen molar-refractivity contribution in [3.63, 3.8) is 0 Å². The maximum absolute atomic E-state index is 11.9. The monoisotopic (exact) mass is 358 g/mol. The maximum atomic E-state index is 11.9. The number of nitrogens with zero attached hydrogens (tertiary/aromatic N) is 1. The standard InChI is InChI=1S/C19H22N2O5/c1-4-25-15-9-5-6-10-16(15)26-13-18(22)21-20-12-14-8-7-11-17(23-2)19(14)24-3/h5-12H,4,13H2,1-3H3,(H,21,22)/b20-12+. The number of methoxy groups -OCH3 is 2. The summed E-state index contributed by atoms with van der Waals surface area (Å²) in [5, 5.41) is 3.93.